The summed E-state index contributed by atoms with van der Waals surface area (Å²) in [5, 5.41) is 8.97. The van der Waals surface area contributed by atoms with Crippen molar-refractivity contribution in [2.24, 2.45) is 5.92 Å². The molecule has 1 aromatic heterocycles. The number of ether oxygens (including phenoxy) is 3. The average Bonchev–Trinajstić information content (AvgIpc) is 3.75. The summed E-state index contributed by atoms with van der Waals surface area (Å²) in [5.41, 5.74) is -0.459. The van der Waals surface area contributed by atoms with Crippen LogP contribution < -0.4 is 30.1 Å². The molecule has 2 fully saturated rings. The van der Waals surface area contributed by atoms with E-state index in [9.17, 15) is 27.6 Å². The van der Waals surface area contributed by atoms with E-state index >= 15 is 0 Å². The molecule has 2 heterocycles. The van der Waals surface area contributed by atoms with Gasteiger partial charge in [-0.25, -0.2) is 22.9 Å². The number of likely N-dealkylation sites (tertiary alicyclic amines) is 1. The first-order valence-electron chi connectivity index (χ1n) is 18.8. The van der Waals surface area contributed by atoms with Gasteiger partial charge in [0, 0.05) is 42.0 Å². The van der Waals surface area contributed by atoms with Gasteiger partial charge in [-0.3, -0.25) is 14.4 Å². The predicted molar refractivity (Wildman–Crippen MR) is 216 cm³/mol. The smallest absolute Gasteiger partial charge is 0.408 e. The molecule has 15 nitrogen and oxygen atoms in total. The van der Waals surface area contributed by atoms with Crippen molar-refractivity contribution in [1.29, 1.82) is 0 Å². The predicted octanol–water partition coefficient (Wildman–Crippen LogP) is 3.94. The molecule has 1 aliphatic carbocycles. The molecule has 58 heavy (non-hydrogen) atoms. The molecule has 1 unspecified atom stereocenters. The maximum atomic E-state index is 14.5. The van der Waals surface area contributed by atoms with Crippen LogP contribution in [0.4, 0.5) is 4.79 Å². The summed E-state index contributed by atoms with van der Waals surface area (Å²) in [6, 6.07) is 21.7. The van der Waals surface area contributed by atoms with Gasteiger partial charge in [-0.1, -0.05) is 54.6 Å². The van der Waals surface area contributed by atoms with E-state index in [1.165, 1.54) is 35.2 Å². The number of methoxy groups -OCH3 is 1. The van der Waals surface area contributed by atoms with E-state index in [1.807, 2.05) is 36.4 Å². The highest BCUT2D eigenvalue weighted by atomic mass is 32.2. The molecule has 16 heteroatoms. The van der Waals surface area contributed by atoms with Gasteiger partial charge in [-0.2, -0.15) is 0 Å². The first-order chi connectivity index (χ1) is 27.6. The van der Waals surface area contributed by atoms with Crippen LogP contribution in [0.25, 0.3) is 22.2 Å². The van der Waals surface area contributed by atoms with Gasteiger partial charge in [-0.05, 0) is 58.5 Å². The fraction of sp³-hybridized carbons (Fsp3) is 0.357. The van der Waals surface area contributed by atoms with Crippen LogP contribution in [-0.2, 0) is 29.1 Å². The van der Waals surface area contributed by atoms with Crippen LogP contribution in [0.15, 0.2) is 102 Å². The van der Waals surface area contributed by atoms with Gasteiger partial charge < -0.3 is 35.1 Å². The van der Waals surface area contributed by atoms with Crippen LogP contribution >= 0.6 is 0 Å². The van der Waals surface area contributed by atoms with Crippen LogP contribution in [0, 0.1) is 5.92 Å². The normalized spacial score (nSPS) is 20.7. The largest absolute Gasteiger partial charge is 0.497 e. The lowest BCUT2D eigenvalue weighted by Gasteiger charge is -2.30. The van der Waals surface area contributed by atoms with Crippen molar-refractivity contribution >= 4 is 44.7 Å². The number of alkyl carbamates (subject to hydrolysis) is 1. The Balaban J connectivity index is 1.33. The van der Waals surface area contributed by atoms with Gasteiger partial charge in [0.1, 0.15) is 40.8 Å². The lowest BCUT2D eigenvalue weighted by molar-refractivity contribution is -0.141. The number of fused-ring (bicyclic) bond motifs is 1. The van der Waals surface area contributed by atoms with Crippen molar-refractivity contribution in [1.82, 2.24) is 30.6 Å². The molecule has 4 aromatic rings. The molecule has 6 rings (SSSR count). The maximum Gasteiger partial charge on any atom is 0.408 e. The number of rotatable bonds is 14. The van der Waals surface area contributed by atoms with Crippen LogP contribution in [-0.4, -0.2) is 98.7 Å². The number of hydrogen-bond donors (Lipinski definition) is 4. The highest BCUT2D eigenvalue weighted by molar-refractivity contribution is 7.90. The minimum Gasteiger partial charge on any atom is -0.497 e. The molecule has 1 aliphatic heterocycles. The van der Waals surface area contributed by atoms with E-state index in [-0.39, 0.29) is 30.8 Å². The second-order valence-electron chi connectivity index (χ2n) is 15.2. The zero-order valence-electron chi connectivity index (χ0n) is 33.0. The van der Waals surface area contributed by atoms with E-state index in [4.69, 9.17) is 19.2 Å². The maximum absolute atomic E-state index is 14.5. The highest BCUT2D eigenvalue weighted by Gasteiger charge is 2.61. The number of likely N-dealkylation sites (N-methyl/N-ethyl adjacent to an activating group) is 1. The third kappa shape index (κ3) is 9.24. The number of pyridine rings is 1. The topological polar surface area (TPSA) is 194 Å². The minimum atomic E-state index is -4.29. The third-order valence-corrected chi connectivity index (χ3v) is 11.3. The number of aromatic nitrogens is 1. The summed E-state index contributed by atoms with van der Waals surface area (Å²) in [6.45, 7) is 8.77. The molecule has 2 aliphatic rings. The average molecular weight is 813 g/mol. The van der Waals surface area contributed by atoms with Gasteiger partial charge in [0.2, 0.25) is 11.8 Å². The number of carbonyl (C=O) groups is 4. The number of amides is 4. The number of hydrogen-bond acceptors (Lipinski definition) is 11. The van der Waals surface area contributed by atoms with Crippen molar-refractivity contribution in [2.75, 3.05) is 27.2 Å². The summed E-state index contributed by atoms with van der Waals surface area (Å²) < 4.78 is 46.0. The van der Waals surface area contributed by atoms with Gasteiger partial charge in [0.15, 0.2) is 0 Å². The quantitative estimate of drug-likeness (QED) is 0.135. The molecule has 4 amide bonds. The Morgan fingerprint density at radius 3 is 2.33 bits per heavy atom. The number of benzene rings is 3. The highest BCUT2D eigenvalue weighted by Crippen LogP contribution is 2.45. The molecule has 0 bridgehead atoms. The van der Waals surface area contributed by atoms with E-state index in [0.29, 0.717) is 28.1 Å². The van der Waals surface area contributed by atoms with E-state index in [0.717, 1.165) is 5.56 Å². The van der Waals surface area contributed by atoms with Crippen molar-refractivity contribution in [3.8, 4) is 22.8 Å². The Bertz CT molecular complexity index is 2300. The second-order valence-corrected chi connectivity index (χ2v) is 16.9. The molecule has 0 spiro atoms. The molecule has 306 valence electrons. The Labute approximate surface area is 337 Å². The first-order valence-corrected chi connectivity index (χ1v) is 20.3. The van der Waals surface area contributed by atoms with Gasteiger partial charge in [-0.15, -0.1) is 6.58 Å². The van der Waals surface area contributed by atoms with Crippen molar-refractivity contribution in [3.05, 3.63) is 97.6 Å². The molecule has 4 N–H and O–H groups in total. The zero-order valence-corrected chi connectivity index (χ0v) is 33.8. The standard InChI is InChI=1S/C42H48N6O9S/c1-7-27-23-42(27,39(51)47-58(53,54)30-16-12-9-13-17-30)46-37(49)35-21-29(25-48(35)38(50)34(24-43-5)45-40(52)57-41(2,3)4)56-36-22-32(26-14-10-8-11-15-26)44-33-20-28(55-6)18-19-31(33)36/h7-20,22,27,29,34-35,43H,1,21,23-25H2,2-6H3,(H,45,52)(H,46,49)(H,47,51)/t27-,29-,34?,35+,42-/m1/s1. The summed E-state index contributed by atoms with van der Waals surface area (Å²) in [5.74, 6) is -1.83. The van der Waals surface area contributed by atoms with Crippen LogP contribution in [0.2, 0.25) is 0 Å². The Kier molecular flexibility index (Phi) is 12.1. The van der Waals surface area contributed by atoms with Crippen molar-refractivity contribution < 1.29 is 41.8 Å². The number of nitrogens with zero attached hydrogens (tertiary/aromatic N) is 2. The molecule has 1 saturated heterocycles. The van der Waals surface area contributed by atoms with E-state index in [2.05, 4.69) is 27.3 Å². The van der Waals surface area contributed by atoms with E-state index < -0.39 is 69.1 Å². The lowest BCUT2D eigenvalue weighted by Crippen LogP contribution is -2.59. The fourth-order valence-electron chi connectivity index (χ4n) is 6.98. The molecule has 3 aromatic carbocycles. The second kappa shape index (κ2) is 16.8. The number of carbonyl (C=O) groups excluding carboxylic acids is 4. The minimum absolute atomic E-state index is 0.00602. The fourth-order valence-corrected chi connectivity index (χ4v) is 8.03. The Morgan fingerprint density at radius 1 is 1.02 bits per heavy atom. The monoisotopic (exact) mass is 812 g/mol. The molecule has 0 radical (unpaired) electrons. The summed E-state index contributed by atoms with van der Waals surface area (Å²) >= 11 is 0. The Hall–Kier alpha value is -6.00. The Morgan fingerprint density at radius 2 is 1.71 bits per heavy atom. The van der Waals surface area contributed by atoms with Crippen LogP contribution in [0.5, 0.6) is 11.5 Å². The summed E-state index contributed by atoms with van der Waals surface area (Å²) in [6.07, 6.45) is -0.0554. The number of sulfonamides is 1. The summed E-state index contributed by atoms with van der Waals surface area (Å²) in [7, 11) is -1.12. The van der Waals surface area contributed by atoms with Crippen LogP contribution in [0.1, 0.15) is 33.6 Å². The van der Waals surface area contributed by atoms with Crippen LogP contribution in [0.3, 0.4) is 0 Å². The third-order valence-electron chi connectivity index (χ3n) is 9.92. The lowest BCUT2D eigenvalue weighted by atomic mass is 10.1. The SMILES string of the molecule is C=C[C@@H]1C[C@]1(NC(=O)[C@@H]1C[C@@H](Oc2cc(-c3ccccc3)nc3cc(OC)ccc23)CN1C(=O)C(CNC)NC(=O)OC(C)(C)C)C(=O)NS(=O)(=O)c1ccccc1. The van der Waals surface area contributed by atoms with E-state index in [1.54, 1.807) is 59.2 Å². The van der Waals surface area contributed by atoms with Gasteiger partial charge in [0.25, 0.3) is 15.9 Å². The molecular formula is C42H48N6O9S. The number of nitrogens with one attached hydrogen (secondary N) is 4. The van der Waals surface area contributed by atoms with Gasteiger partial charge in [0.05, 0.1) is 29.8 Å². The van der Waals surface area contributed by atoms with Gasteiger partial charge >= 0.3 is 6.09 Å². The van der Waals surface area contributed by atoms with Crippen molar-refractivity contribution in [2.45, 2.75) is 67.8 Å². The molecule has 5 atom stereocenters. The molecule has 1 saturated carbocycles. The van der Waals surface area contributed by atoms with Crippen molar-refractivity contribution in [3.63, 3.8) is 0 Å². The molecular weight excluding hydrogens is 765 g/mol. The zero-order chi connectivity index (χ0) is 41.8. The summed E-state index contributed by atoms with van der Waals surface area (Å²) in [4.78, 5) is 61.6. The first kappa shape index (κ1) is 41.6.